The number of likely N-dealkylation sites (tertiary alicyclic amines) is 1. The van der Waals surface area contributed by atoms with Gasteiger partial charge in [-0.15, -0.1) is 22.7 Å². The summed E-state index contributed by atoms with van der Waals surface area (Å²) in [5.41, 5.74) is 1.02. The molecular weight excluding hydrogens is 348 g/mol. The second-order valence-electron chi connectivity index (χ2n) is 5.63. The predicted molar refractivity (Wildman–Crippen MR) is 96.6 cm³/mol. The van der Waals surface area contributed by atoms with Gasteiger partial charge in [0.15, 0.2) is 0 Å². The lowest BCUT2D eigenvalue weighted by atomic mass is 10.0. The van der Waals surface area contributed by atoms with Gasteiger partial charge < -0.3 is 4.90 Å². The first-order valence-corrected chi connectivity index (χ1v) is 9.65. The van der Waals surface area contributed by atoms with Gasteiger partial charge in [-0.05, 0) is 43.5 Å². The van der Waals surface area contributed by atoms with Gasteiger partial charge in [-0.1, -0.05) is 23.7 Å². The highest BCUT2D eigenvalue weighted by molar-refractivity contribution is 7.18. The third-order valence-electron chi connectivity index (χ3n) is 4.14. The van der Waals surface area contributed by atoms with Crippen LogP contribution in [0.2, 0.25) is 4.34 Å². The number of nitrogens with zero attached hydrogens (tertiary/aromatic N) is 2. The number of aromatic nitrogens is 1. The minimum absolute atomic E-state index is 0.0749. The standard InChI is InChI=1S/C17H15ClN2OS2/c18-15-9-8-14(22-15)17(21)20-10-4-3-6-12(20)16-19-11-5-1-2-7-13(11)23-16/h1-2,5,7-9,12H,3-4,6,10H2. The molecule has 6 heteroatoms. The number of rotatable bonds is 2. The summed E-state index contributed by atoms with van der Waals surface area (Å²) in [6, 6.07) is 11.8. The maximum atomic E-state index is 12.9. The van der Waals surface area contributed by atoms with Gasteiger partial charge in [-0.3, -0.25) is 4.79 Å². The maximum absolute atomic E-state index is 12.9. The molecule has 0 spiro atoms. The van der Waals surface area contributed by atoms with E-state index in [1.54, 1.807) is 17.4 Å². The molecule has 118 valence electrons. The van der Waals surface area contributed by atoms with Gasteiger partial charge in [0.2, 0.25) is 0 Å². The SMILES string of the molecule is O=C(c1ccc(Cl)s1)N1CCCCC1c1nc2ccccc2s1. The number of benzene rings is 1. The van der Waals surface area contributed by atoms with Crippen molar-refractivity contribution < 1.29 is 4.79 Å². The summed E-state index contributed by atoms with van der Waals surface area (Å²) >= 11 is 9.03. The molecule has 1 atom stereocenters. The summed E-state index contributed by atoms with van der Waals surface area (Å²) in [6.45, 7) is 0.787. The number of piperidine rings is 1. The Morgan fingerprint density at radius 2 is 2.04 bits per heavy atom. The third kappa shape index (κ3) is 2.89. The molecule has 0 bridgehead atoms. The van der Waals surface area contributed by atoms with E-state index in [0.29, 0.717) is 9.21 Å². The topological polar surface area (TPSA) is 33.2 Å². The van der Waals surface area contributed by atoms with Gasteiger partial charge in [0.1, 0.15) is 5.01 Å². The molecule has 3 aromatic rings. The van der Waals surface area contributed by atoms with E-state index in [4.69, 9.17) is 16.6 Å². The highest BCUT2D eigenvalue weighted by atomic mass is 35.5. The Kier molecular flexibility index (Phi) is 4.09. The summed E-state index contributed by atoms with van der Waals surface area (Å²) in [6.07, 6.45) is 3.16. The third-order valence-corrected chi connectivity index (χ3v) is 6.50. The fourth-order valence-electron chi connectivity index (χ4n) is 3.03. The fraction of sp³-hybridized carbons (Fsp3) is 0.294. The number of para-hydroxylation sites is 1. The molecule has 2 aromatic heterocycles. The zero-order valence-corrected chi connectivity index (χ0v) is 14.8. The molecule has 3 heterocycles. The van der Waals surface area contributed by atoms with Crippen molar-refractivity contribution in [3.63, 3.8) is 0 Å². The van der Waals surface area contributed by atoms with Crippen LogP contribution in [-0.4, -0.2) is 22.3 Å². The lowest BCUT2D eigenvalue weighted by molar-refractivity contribution is 0.0616. The molecule has 1 fully saturated rings. The molecule has 1 amide bonds. The Morgan fingerprint density at radius 1 is 1.17 bits per heavy atom. The van der Waals surface area contributed by atoms with Crippen molar-refractivity contribution in [2.45, 2.75) is 25.3 Å². The van der Waals surface area contributed by atoms with E-state index in [1.165, 1.54) is 16.0 Å². The van der Waals surface area contributed by atoms with Crippen molar-refractivity contribution in [2.75, 3.05) is 6.54 Å². The monoisotopic (exact) mass is 362 g/mol. The average Bonchev–Trinajstić information content (AvgIpc) is 3.20. The summed E-state index contributed by atoms with van der Waals surface area (Å²) < 4.78 is 1.83. The summed E-state index contributed by atoms with van der Waals surface area (Å²) in [5, 5.41) is 1.04. The van der Waals surface area contributed by atoms with E-state index in [0.717, 1.165) is 36.3 Å². The first-order valence-electron chi connectivity index (χ1n) is 7.64. The van der Waals surface area contributed by atoms with Crippen LogP contribution in [0, 0.1) is 0 Å². The molecule has 0 aliphatic carbocycles. The van der Waals surface area contributed by atoms with E-state index in [-0.39, 0.29) is 11.9 Å². The highest BCUT2D eigenvalue weighted by Crippen LogP contribution is 2.37. The van der Waals surface area contributed by atoms with E-state index in [1.807, 2.05) is 29.2 Å². The molecule has 3 nitrogen and oxygen atoms in total. The number of amides is 1. The Balaban J connectivity index is 1.68. The van der Waals surface area contributed by atoms with Gasteiger partial charge in [0.05, 0.1) is 25.5 Å². The molecule has 0 saturated carbocycles. The van der Waals surface area contributed by atoms with Crippen molar-refractivity contribution in [2.24, 2.45) is 0 Å². The summed E-state index contributed by atoms with van der Waals surface area (Å²) in [4.78, 5) is 20.3. The zero-order chi connectivity index (χ0) is 15.8. The molecule has 1 unspecified atom stereocenters. The van der Waals surface area contributed by atoms with Crippen LogP contribution in [-0.2, 0) is 0 Å². The molecule has 0 N–H and O–H groups in total. The van der Waals surface area contributed by atoms with Crippen molar-refractivity contribution >= 4 is 50.4 Å². The van der Waals surface area contributed by atoms with Crippen LogP contribution in [0.15, 0.2) is 36.4 Å². The molecule has 1 aliphatic rings. The van der Waals surface area contributed by atoms with Gasteiger partial charge in [0, 0.05) is 6.54 Å². The lowest BCUT2D eigenvalue weighted by Gasteiger charge is -2.34. The van der Waals surface area contributed by atoms with Crippen molar-refractivity contribution in [3.05, 3.63) is 50.6 Å². The minimum Gasteiger partial charge on any atom is -0.328 e. The number of fused-ring (bicyclic) bond motifs is 1. The Labute approximate surface area is 147 Å². The maximum Gasteiger partial charge on any atom is 0.264 e. The number of thiazole rings is 1. The lowest BCUT2D eigenvalue weighted by Crippen LogP contribution is -2.38. The van der Waals surface area contributed by atoms with Crippen LogP contribution in [0.25, 0.3) is 10.2 Å². The van der Waals surface area contributed by atoms with Crippen LogP contribution >= 0.6 is 34.3 Å². The van der Waals surface area contributed by atoms with Crippen LogP contribution in [0.4, 0.5) is 0 Å². The van der Waals surface area contributed by atoms with Gasteiger partial charge >= 0.3 is 0 Å². The van der Waals surface area contributed by atoms with Crippen molar-refractivity contribution in [3.8, 4) is 0 Å². The van der Waals surface area contributed by atoms with Crippen LogP contribution in [0.3, 0.4) is 0 Å². The average molecular weight is 363 g/mol. The van der Waals surface area contributed by atoms with Crippen LogP contribution in [0.5, 0.6) is 0 Å². The van der Waals surface area contributed by atoms with Crippen LogP contribution < -0.4 is 0 Å². The fourth-order valence-corrected chi connectivity index (χ4v) is 5.15. The van der Waals surface area contributed by atoms with Crippen molar-refractivity contribution in [1.82, 2.24) is 9.88 Å². The molecule has 1 aromatic carbocycles. The highest BCUT2D eigenvalue weighted by Gasteiger charge is 2.31. The van der Waals surface area contributed by atoms with Gasteiger partial charge in [-0.2, -0.15) is 0 Å². The summed E-state index contributed by atoms with van der Waals surface area (Å²) in [5.74, 6) is 0.0749. The predicted octanol–water partition coefficient (Wildman–Crippen LogP) is 5.38. The molecule has 1 aliphatic heterocycles. The van der Waals surface area contributed by atoms with E-state index < -0.39 is 0 Å². The molecule has 1 saturated heterocycles. The Morgan fingerprint density at radius 3 is 2.83 bits per heavy atom. The number of hydrogen-bond acceptors (Lipinski definition) is 4. The van der Waals surface area contributed by atoms with Crippen LogP contribution in [0.1, 0.15) is 40.0 Å². The smallest absolute Gasteiger partial charge is 0.264 e. The van der Waals surface area contributed by atoms with Crippen molar-refractivity contribution in [1.29, 1.82) is 0 Å². The number of hydrogen-bond donors (Lipinski definition) is 0. The first kappa shape index (κ1) is 15.1. The van der Waals surface area contributed by atoms with E-state index >= 15 is 0 Å². The first-order chi connectivity index (χ1) is 11.2. The number of carbonyl (C=O) groups is 1. The Bertz CT molecular complexity index is 824. The number of thiophene rings is 1. The molecule has 23 heavy (non-hydrogen) atoms. The second kappa shape index (κ2) is 6.23. The molecular formula is C17H15ClN2OS2. The van der Waals surface area contributed by atoms with E-state index in [9.17, 15) is 4.79 Å². The quantitative estimate of drug-likeness (QED) is 0.613. The normalized spacial score (nSPS) is 18.5. The zero-order valence-electron chi connectivity index (χ0n) is 12.4. The summed E-state index contributed by atoms with van der Waals surface area (Å²) in [7, 11) is 0. The van der Waals surface area contributed by atoms with Gasteiger partial charge in [0.25, 0.3) is 5.91 Å². The molecule has 0 radical (unpaired) electrons. The van der Waals surface area contributed by atoms with E-state index in [2.05, 4.69) is 6.07 Å². The van der Waals surface area contributed by atoms with Gasteiger partial charge in [-0.25, -0.2) is 4.98 Å². The largest absolute Gasteiger partial charge is 0.328 e. The second-order valence-corrected chi connectivity index (χ2v) is 8.41. The number of halogens is 1. The number of carbonyl (C=O) groups excluding carboxylic acids is 1. The Hall–Kier alpha value is -1.43. The minimum atomic E-state index is 0.0749. The molecule has 4 rings (SSSR count).